The quantitative estimate of drug-likeness (QED) is 0.316. The Bertz CT molecular complexity index is 1440. The van der Waals surface area contributed by atoms with Crippen molar-refractivity contribution < 1.29 is 0 Å². The van der Waals surface area contributed by atoms with Crippen LogP contribution in [-0.4, -0.2) is 9.55 Å². The first-order chi connectivity index (χ1) is 13.9. The Morgan fingerprint density at radius 2 is 1.36 bits per heavy atom. The van der Waals surface area contributed by atoms with Gasteiger partial charge in [-0.2, -0.15) is 0 Å². The van der Waals surface area contributed by atoms with Gasteiger partial charge in [-0.05, 0) is 30.3 Å². The van der Waals surface area contributed by atoms with E-state index in [1.807, 2.05) is 6.07 Å². The molecule has 0 N–H and O–H groups in total. The van der Waals surface area contributed by atoms with Crippen LogP contribution in [0, 0.1) is 0 Å². The van der Waals surface area contributed by atoms with Crippen molar-refractivity contribution in [2.24, 2.45) is 0 Å². The minimum Gasteiger partial charge on any atom is -0.308 e. The summed E-state index contributed by atoms with van der Waals surface area (Å²) in [5.74, 6) is 0. The van der Waals surface area contributed by atoms with E-state index in [2.05, 4.69) is 95.6 Å². The molecule has 0 bridgehead atoms. The summed E-state index contributed by atoms with van der Waals surface area (Å²) in [6.07, 6.45) is 0. The zero-order valence-electron chi connectivity index (χ0n) is 15.0. The van der Waals surface area contributed by atoms with Gasteiger partial charge in [-0.15, -0.1) is 11.3 Å². The van der Waals surface area contributed by atoms with Crippen molar-refractivity contribution in [3.05, 3.63) is 97.1 Å². The molecule has 2 nitrogen and oxygen atoms in total. The fourth-order valence-corrected chi connectivity index (χ4v) is 5.09. The molecule has 4 aromatic carbocycles. The van der Waals surface area contributed by atoms with Crippen LogP contribution in [0.2, 0.25) is 0 Å². The fraction of sp³-hybridized carbons (Fsp3) is 0. The number of hydrogen-bond acceptors (Lipinski definition) is 2. The van der Waals surface area contributed by atoms with Crippen molar-refractivity contribution in [3.8, 4) is 16.3 Å². The van der Waals surface area contributed by atoms with Crippen molar-refractivity contribution in [2.45, 2.75) is 0 Å². The van der Waals surface area contributed by atoms with Crippen molar-refractivity contribution in [3.63, 3.8) is 0 Å². The van der Waals surface area contributed by atoms with E-state index in [-0.39, 0.29) is 0 Å². The molecular formula is C25H16N2S. The third-order valence-corrected chi connectivity index (χ3v) is 6.35. The summed E-state index contributed by atoms with van der Waals surface area (Å²) >= 11 is 1.77. The highest BCUT2D eigenvalue weighted by Gasteiger charge is 2.17. The van der Waals surface area contributed by atoms with Crippen molar-refractivity contribution in [1.82, 2.24) is 9.55 Å². The van der Waals surface area contributed by atoms with Crippen molar-refractivity contribution in [1.29, 1.82) is 0 Å². The molecule has 0 fully saturated rings. The minimum atomic E-state index is 1.05. The SMILES string of the molecule is c1ccc(-c2nc3ccc4c5ccccc5n(-c5ccccc5)c4c3s2)cc1. The minimum absolute atomic E-state index is 1.05. The van der Waals surface area contributed by atoms with Crippen LogP contribution in [0.25, 0.3) is 48.3 Å². The molecule has 0 aliphatic heterocycles. The lowest BCUT2D eigenvalue weighted by Gasteiger charge is -2.07. The zero-order chi connectivity index (χ0) is 18.5. The van der Waals surface area contributed by atoms with E-state index < -0.39 is 0 Å². The molecule has 2 aromatic heterocycles. The van der Waals surface area contributed by atoms with E-state index in [0.717, 1.165) is 10.5 Å². The smallest absolute Gasteiger partial charge is 0.124 e. The molecule has 0 spiro atoms. The Labute approximate surface area is 166 Å². The second-order valence-electron chi connectivity index (χ2n) is 6.88. The predicted octanol–water partition coefficient (Wildman–Crippen LogP) is 7.06. The first-order valence-corrected chi connectivity index (χ1v) is 10.2. The lowest BCUT2D eigenvalue weighted by Crippen LogP contribution is -1.92. The molecule has 0 amide bonds. The molecule has 0 aliphatic rings. The van der Waals surface area contributed by atoms with Gasteiger partial charge in [0.2, 0.25) is 0 Å². The third-order valence-electron chi connectivity index (χ3n) is 5.23. The Balaban J connectivity index is 1.78. The van der Waals surface area contributed by atoms with Gasteiger partial charge in [0.25, 0.3) is 0 Å². The summed E-state index contributed by atoms with van der Waals surface area (Å²) in [4.78, 5) is 4.94. The van der Waals surface area contributed by atoms with Crippen LogP contribution in [0.15, 0.2) is 97.1 Å². The highest BCUT2D eigenvalue weighted by molar-refractivity contribution is 7.22. The molecule has 6 aromatic rings. The van der Waals surface area contributed by atoms with Gasteiger partial charge in [0.05, 0.1) is 21.3 Å². The van der Waals surface area contributed by atoms with E-state index in [4.69, 9.17) is 4.98 Å². The van der Waals surface area contributed by atoms with Gasteiger partial charge in [-0.3, -0.25) is 0 Å². The van der Waals surface area contributed by atoms with Gasteiger partial charge in [-0.1, -0.05) is 66.7 Å². The standard InChI is InChI=1S/C25H16N2S/c1-3-9-17(10-4-1)25-26-21-16-15-20-19-13-7-8-14-22(19)27(23(20)24(21)28-25)18-11-5-2-6-12-18/h1-16H. The molecule has 0 saturated carbocycles. The molecule has 0 saturated heterocycles. The topological polar surface area (TPSA) is 17.8 Å². The van der Waals surface area contributed by atoms with Gasteiger partial charge >= 0.3 is 0 Å². The third kappa shape index (κ3) is 2.23. The van der Waals surface area contributed by atoms with Crippen LogP contribution in [0.1, 0.15) is 0 Å². The van der Waals surface area contributed by atoms with E-state index in [1.165, 1.54) is 37.8 Å². The van der Waals surface area contributed by atoms with Gasteiger partial charge in [0.15, 0.2) is 0 Å². The number of aromatic nitrogens is 2. The number of benzene rings is 4. The van der Waals surface area contributed by atoms with Gasteiger partial charge in [0, 0.05) is 22.0 Å². The van der Waals surface area contributed by atoms with Crippen LogP contribution in [0.5, 0.6) is 0 Å². The number of nitrogens with zero attached hydrogens (tertiary/aromatic N) is 2. The molecule has 0 unspecified atom stereocenters. The predicted molar refractivity (Wildman–Crippen MR) is 119 cm³/mol. The molecule has 0 aliphatic carbocycles. The molecule has 2 heterocycles. The van der Waals surface area contributed by atoms with Crippen LogP contribution < -0.4 is 0 Å². The summed E-state index contributed by atoms with van der Waals surface area (Å²) < 4.78 is 3.61. The zero-order valence-corrected chi connectivity index (χ0v) is 15.9. The molecule has 28 heavy (non-hydrogen) atoms. The molecule has 6 rings (SSSR count). The normalized spacial score (nSPS) is 11.6. The summed E-state index contributed by atoms with van der Waals surface area (Å²) in [6.45, 7) is 0. The molecule has 0 radical (unpaired) electrons. The molecule has 3 heteroatoms. The number of rotatable bonds is 2. The molecule has 0 atom stereocenters. The van der Waals surface area contributed by atoms with Crippen LogP contribution in [-0.2, 0) is 0 Å². The van der Waals surface area contributed by atoms with E-state index in [9.17, 15) is 0 Å². The number of thiazole rings is 1. The second kappa shape index (κ2) is 6.04. The lowest BCUT2D eigenvalue weighted by atomic mass is 10.1. The lowest BCUT2D eigenvalue weighted by molar-refractivity contribution is 1.19. The number of fused-ring (bicyclic) bond motifs is 5. The Morgan fingerprint density at radius 1 is 0.643 bits per heavy atom. The van der Waals surface area contributed by atoms with E-state index in [1.54, 1.807) is 11.3 Å². The maximum Gasteiger partial charge on any atom is 0.124 e. The van der Waals surface area contributed by atoms with Crippen LogP contribution >= 0.6 is 11.3 Å². The van der Waals surface area contributed by atoms with E-state index >= 15 is 0 Å². The number of para-hydroxylation sites is 2. The average Bonchev–Trinajstić information content (AvgIpc) is 3.34. The van der Waals surface area contributed by atoms with E-state index in [0.29, 0.717) is 0 Å². The summed E-state index contributed by atoms with van der Waals surface area (Å²) in [5, 5.41) is 3.61. The Morgan fingerprint density at radius 3 is 2.18 bits per heavy atom. The Kier molecular flexibility index (Phi) is 3.37. The highest BCUT2D eigenvalue weighted by Crippen LogP contribution is 2.40. The Hall–Kier alpha value is -3.43. The average molecular weight is 376 g/mol. The second-order valence-corrected chi connectivity index (χ2v) is 7.88. The van der Waals surface area contributed by atoms with Crippen LogP contribution in [0.4, 0.5) is 0 Å². The maximum atomic E-state index is 4.94. The maximum absolute atomic E-state index is 4.94. The monoisotopic (exact) mass is 376 g/mol. The summed E-state index contributed by atoms with van der Waals surface area (Å²) in [5.41, 5.74) is 5.86. The van der Waals surface area contributed by atoms with Crippen LogP contribution in [0.3, 0.4) is 0 Å². The summed E-state index contributed by atoms with van der Waals surface area (Å²) in [6, 6.07) is 34.0. The first kappa shape index (κ1) is 15.6. The van der Waals surface area contributed by atoms with Gasteiger partial charge in [0.1, 0.15) is 5.01 Å². The fourth-order valence-electron chi connectivity index (χ4n) is 3.98. The largest absolute Gasteiger partial charge is 0.308 e. The molecular weight excluding hydrogens is 360 g/mol. The van der Waals surface area contributed by atoms with Gasteiger partial charge in [-0.25, -0.2) is 4.98 Å². The molecule has 132 valence electrons. The van der Waals surface area contributed by atoms with Crippen molar-refractivity contribution in [2.75, 3.05) is 0 Å². The first-order valence-electron chi connectivity index (χ1n) is 9.34. The van der Waals surface area contributed by atoms with Gasteiger partial charge < -0.3 is 4.57 Å². The highest BCUT2D eigenvalue weighted by atomic mass is 32.1. The number of hydrogen-bond donors (Lipinski definition) is 0. The van der Waals surface area contributed by atoms with Crippen molar-refractivity contribution >= 4 is 43.4 Å². The summed E-state index contributed by atoms with van der Waals surface area (Å²) in [7, 11) is 0.